The quantitative estimate of drug-likeness (QED) is 0.865. The van der Waals surface area contributed by atoms with E-state index in [1.807, 2.05) is 0 Å². The van der Waals surface area contributed by atoms with Gasteiger partial charge in [-0.2, -0.15) is 0 Å². The lowest BCUT2D eigenvalue weighted by molar-refractivity contribution is 0.0951. The lowest BCUT2D eigenvalue weighted by Gasteiger charge is -2.09. The lowest BCUT2D eigenvalue weighted by Crippen LogP contribution is -2.23. The number of hydrogen-bond donors (Lipinski definition) is 2. The molecule has 0 spiro atoms. The Balaban J connectivity index is 2.07. The van der Waals surface area contributed by atoms with Gasteiger partial charge in [0.1, 0.15) is 5.82 Å². The second kappa shape index (κ2) is 6.97. The Morgan fingerprint density at radius 1 is 1.22 bits per heavy atom. The molecule has 1 amide bonds. The first-order chi connectivity index (χ1) is 10.7. The fourth-order valence-corrected chi connectivity index (χ4v) is 2.72. The number of hydrogen-bond acceptors (Lipinski definition) is 3. The average Bonchev–Trinajstić information content (AvgIpc) is 2.43. The molecule has 8 heteroatoms. The van der Waals surface area contributed by atoms with Crippen LogP contribution in [0.5, 0.6) is 0 Å². The fourth-order valence-electron chi connectivity index (χ4n) is 1.90. The summed E-state index contributed by atoms with van der Waals surface area (Å²) in [7, 11) is -3.42. The monoisotopic (exact) mass is 356 g/mol. The molecule has 2 aromatic rings. The van der Waals surface area contributed by atoms with Crippen LogP contribution in [0.15, 0.2) is 42.5 Å². The predicted molar refractivity (Wildman–Crippen MR) is 87.5 cm³/mol. The zero-order chi connectivity index (χ0) is 17.0. The first-order valence-electron chi connectivity index (χ1n) is 6.54. The summed E-state index contributed by atoms with van der Waals surface area (Å²) in [5.41, 5.74) is 1.08. The molecule has 0 radical (unpaired) electrons. The van der Waals surface area contributed by atoms with Crippen LogP contribution >= 0.6 is 11.6 Å². The van der Waals surface area contributed by atoms with Crippen molar-refractivity contribution >= 4 is 33.2 Å². The topological polar surface area (TPSA) is 75.3 Å². The molecule has 0 bridgehead atoms. The normalized spacial score (nSPS) is 11.1. The molecule has 0 unspecified atom stereocenters. The molecular formula is C15H14ClFN2O3S. The van der Waals surface area contributed by atoms with Gasteiger partial charge in [0, 0.05) is 12.2 Å². The van der Waals surface area contributed by atoms with Gasteiger partial charge in [0.2, 0.25) is 10.0 Å². The summed E-state index contributed by atoms with van der Waals surface area (Å²) in [6.07, 6.45) is 1.01. The maximum atomic E-state index is 13.1. The Bertz CT molecular complexity index is 840. The third-order valence-corrected chi connectivity index (χ3v) is 3.78. The van der Waals surface area contributed by atoms with Crippen molar-refractivity contribution in [3.05, 3.63) is 64.4 Å². The molecule has 0 aliphatic heterocycles. The SMILES string of the molecule is CS(=O)(=O)Nc1ccc(C(=O)NCc2cccc(F)c2)c(Cl)c1. The van der Waals surface area contributed by atoms with E-state index in [0.29, 0.717) is 5.56 Å². The van der Waals surface area contributed by atoms with Gasteiger partial charge < -0.3 is 5.32 Å². The highest BCUT2D eigenvalue weighted by atomic mass is 35.5. The fraction of sp³-hybridized carbons (Fsp3) is 0.133. The number of anilines is 1. The zero-order valence-corrected chi connectivity index (χ0v) is 13.7. The van der Waals surface area contributed by atoms with Crippen LogP contribution in [0.1, 0.15) is 15.9 Å². The second-order valence-corrected chi connectivity index (χ2v) is 7.04. The van der Waals surface area contributed by atoms with E-state index >= 15 is 0 Å². The highest BCUT2D eigenvalue weighted by Gasteiger charge is 2.12. The molecule has 122 valence electrons. The molecule has 0 saturated carbocycles. The van der Waals surface area contributed by atoms with Crippen LogP contribution in [0.4, 0.5) is 10.1 Å². The minimum absolute atomic E-state index is 0.107. The Labute approximate surface area is 138 Å². The number of nitrogens with one attached hydrogen (secondary N) is 2. The van der Waals surface area contributed by atoms with Crippen LogP contribution in [0.3, 0.4) is 0 Å². The minimum Gasteiger partial charge on any atom is -0.348 e. The van der Waals surface area contributed by atoms with E-state index in [1.54, 1.807) is 12.1 Å². The van der Waals surface area contributed by atoms with Crippen LogP contribution in [0.25, 0.3) is 0 Å². The number of carbonyl (C=O) groups is 1. The van der Waals surface area contributed by atoms with Crippen molar-refractivity contribution < 1.29 is 17.6 Å². The number of sulfonamides is 1. The van der Waals surface area contributed by atoms with Gasteiger partial charge in [-0.3, -0.25) is 9.52 Å². The standard InChI is InChI=1S/C15H14ClFN2O3S/c1-23(21,22)19-12-5-6-13(14(16)8-12)15(20)18-9-10-3-2-4-11(17)7-10/h2-8,19H,9H2,1H3,(H,18,20). The van der Waals surface area contributed by atoms with Crippen LogP contribution in [-0.2, 0) is 16.6 Å². The van der Waals surface area contributed by atoms with E-state index in [-0.39, 0.29) is 28.6 Å². The van der Waals surface area contributed by atoms with E-state index < -0.39 is 15.9 Å². The Morgan fingerprint density at radius 3 is 2.57 bits per heavy atom. The maximum Gasteiger partial charge on any atom is 0.253 e. The van der Waals surface area contributed by atoms with E-state index in [1.165, 1.54) is 30.3 Å². The van der Waals surface area contributed by atoms with Crippen LogP contribution in [0, 0.1) is 5.82 Å². The summed E-state index contributed by atoms with van der Waals surface area (Å²) < 4.78 is 37.6. The molecule has 0 aliphatic rings. The lowest BCUT2D eigenvalue weighted by atomic mass is 10.1. The van der Waals surface area contributed by atoms with Gasteiger partial charge in [-0.05, 0) is 35.9 Å². The van der Waals surface area contributed by atoms with E-state index in [0.717, 1.165) is 6.26 Å². The molecule has 2 aromatic carbocycles. The third-order valence-electron chi connectivity index (χ3n) is 2.86. The first-order valence-corrected chi connectivity index (χ1v) is 8.81. The summed E-state index contributed by atoms with van der Waals surface area (Å²) in [5, 5.41) is 2.73. The molecule has 2 N–H and O–H groups in total. The molecule has 0 aromatic heterocycles. The summed E-state index contributed by atoms with van der Waals surface area (Å²) in [5.74, 6) is -0.823. The average molecular weight is 357 g/mol. The summed E-state index contributed by atoms with van der Waals surface area (Å²) in [6.45, 7) is 0.149. The van der Waals surface area contributed by atoms with Gasteiger partial charge >= 0.3 is 0 Å². The number of rotatable bonds is 5. The molecule has 0 fully saturated rings. The van der Waals surface area contributed by atoms with E-state index in [2.05, 4.69) is 10.0 Å². The molecular weight excluding hydrogens is 343 g/mol. The molecule has 2 rings (SSSR count). The second-order valence-electron chi connectivity index (χ2n) is 4.88. The number of benzene rings is 2. The highest BCUT2D eigenvalue weighted by molar-refractivity contribution is 7.92. The zero-order valence-electron chi connectivity index (χ0n) is 12.1. The number of amides is 1. The van der Waals surface area contributed by atoms with Crippen molar-refractivity contribution in [1.29, 1.82) is 0 Å². The molecule has 0 aliphatic carbocycles. The van der Waals surface area contributed by atoms with Gasteiger partial charge in [-0.1, -0.05) is 23.7 Å². The van der Waals surface area contributed by atoms with Gasteiger partial charge in [0.15, 0.2) is 0 Å². The summed E-state index contributed by atoms with van der Waals surface area (Å²) >= 11 is 6.00. The largest absolute Gasteiger partial charge is 0.348 e. The molecule has 0 atom stereocenters. The molecule has 5 nitrogen and oxygen atoms in total. The maximum absolute atomic E-state index is 13.1. The Kier molecular flexibility index (Phi) is 5.23. The number of halogens is 2. The first kappa shape index (κ1) is 17.2. The Morgan fingerprint density at radius 2 is 1.96 bits per heavy atom. The Hall–Kier alpha value is -2.12. The summed E-state index contributed by atoms with van der Waals surface area (Å²) in [6, 6.07) is 10.1. The van der Waals surface area contributed by atoms with E-state index in [4.69, 9.17) is 11.6 Å². The minimum atomic E-state index is -3.42. The predicted octanol–water partition coefficient (Wildman–Crippen LogP) is 2.78. The highest BCUT2D eigenvalue weighted by Crippen LogP contribution is 2.21. The molecule has 23 heavy (non-hydrogen) atoms. The van der Waals surface area contributed by atoms with Crippen molar-refractivity contribution in [3.63, 3.8) is 0 Å². The van der Waals surface area contributed by atoms with Crippen LogP contribution < -0.4 is 10.0 Å². The van der Waals surface area contributed by atoms with Crippen molar-refractivity contribution in [1.82, 2.24) is 5.32 Å². The summed E-state index contributed by atoms with van der Waals surface area (Å²) in [4.78, 5) is 12.1. The van der Waals surface area contributed by atoms with Gasteiger partial charge in [-0.15, -0.1) is 0 Å². The van der Waals surface area contributed by atoms with Gasteiger partial charge in [0.25, 0.3) is 5.91 Å². The van der Waals surface area contributed by atoms with Gasteiger partial charge in [-0.25, -0.2) is 12.8 Å². The van der Waals surface area contributed by atoms with E-state index in [9.17, 15) is 17.6 Å². The van der Waals surface area contributed by atoms with Crippen molar-refractivity contribution in [2.45, 2.75) is 6.54 Å². The smallest absolute Gasteiger partial charge is 0.253 e. The van der Waals surface area contributed by atoms with Crippen LogP contribution in [0.2, 0.25) is 5.02 Å². The van der Waals surface area contributed by atoms with Gasteiger partial charge in [0.05, 0.1) is 16.8 Å². The van der Waals surface area contributed by atoms with Crippen molar-refractivity contribution in [2.75, 3.05) is 11.0 Å². The van der Waals surface area contributed by atoms with Crippen LogP contribution in [-0.4, -0.2) is 20.6 Å². The third kappa shape index (κ3) is 5.22. The van der Waals surface area contributed by atoms with Crippen molar-refractivity contribution in [3.8, 4) is 0 Å². The molecule has 0 saturated heterocycles. The number of carbonyl (C=O) groups excluding carboxylic acids is 1. The molecule has 0 heterocycles. The van der Waals surface area contributed by atoms with Crippen molar-refractivity contribution in [2.24, 2.45) is 0 Å².